The van der Waals surface area contributed by atoms with Gasteiger partial charge in [0.1, 0.15) is 5.82 Å². The second-order valence-corrected chi connectivity index (χ2v) is 7.25. The van der Waals surface area contributed by atoms with Gasteiger partial charge in [0.15, 0.2) is 0 Å². The van der Waals surface area contributed by atoms with Crippen LogP contribution in [0, 0.1) is 20.8 Å². The van der Waals surface area contributed by atoms with E-state index in [1.807, 2.05) is 61.7 Å². The van der Waals surface area contributed by atoms with Gasteiger partial charge in [-0.1, -0.05) is 12.1 Å². The van der Waals surface area contributed by atoms with Gasteiger partial charge in [0.05, 0.1) is 0 Å². The topological polar surface area (TPSA) is 51.9 Å². The largest absolute Gasteiger partial charge is 0.331 e. The van der Waals surface area contributed by atoms with Gasteiger partial charge in [-0.25, -0.2) is 4.98 Å². The van der Waals surface area contributed by atoms with Gasteiger partial charge in [0.25, 0.3) is 5.91 Å². The summed E-state index contributed by atoms with van der Waals surface area (Å²) < 4.78 is 4.26. The summed E-state index contributed by atoms with van der Waals surface area (Å²) in [6.07, 6.45) is 3.76. The molecule has 0 spiro atoms. The molecule has 0 aliphatic rings. The number of nitrogens with zero attached hydrogens (tertiary/aromatic N) is 3. The Morgan fingerprint density at radius 3 is 2.14 bits per heavy atom. The molecular formula is C24H24N4O. The molecule has 0 radical (unpaired) electrons. The predicted octanol–water partition coefficient (Wildman–Crippen LogP) is 4.90. The van der Waals surface area contributed by atoms with Crippen molar-refractivity contribution in [2.45, 2.75) is 27.3 Å². The van der Waals surface area contributed by atoms with Gasteiger partial charge < -0.3 is 14.5 Å². The molecule has 2 aromatic heterocycles. The van der Waals surface area contributed by atoms with E-state index in [0.29, 0.717) is 5.56 Å². The highest BCUT2D eigenvalue weighted by Gasteiger charge is 2.09. The lowest BCUT2D eigenvalue weighted by Gasteiger charge is -2.11. The standard InChI is InChI=1S/C24H24N4O/c1-17-4-5-18(2)28(17)23-12-8-21(9-13-23)24(29)26-22-10-6-20(7-11-22)16-27-15-14-25-19(27)3/h4-15H,16H2,1-3H3,(H,26,29). The fraction of sp³-hybridized carbons (Fsp3) is 0.167. The van der Waals surface area contributed by atoms with E-state index in [9.17, 15) is 4.79 Å². The van der Waals surface area contributed by atoms with Crippen LogP contribution in [0.2, 0.25) is 0 Å². The Morgan fingerprint density at radius 1 is 0.897 bits per heavy atom. The van der Waals surface area contributed by atoms with Crippen molar-refractivity contribution in [3.05, 3.63) is 101 Å². The number of carbonyl (C=O) groups is 1. The molecule has 4 aromatic rings. The lowest BCUT2D eigenvalue weighted by atomic mass is 10.1. The van der Waals surface area contributed by atoms with Crippen molar-refractivity contribution in [1.29, 1.82) is 0 Å². The normalized spacial score (nSPS) is 10.9. The van der Waals surface area contributed by atoms with Crippen molar-refractivity contribution in [3.63, 3.8) is 0 Å². The number of rotatable bonds is 5. The van der Waals surface area contributed by atoms with Crippen LogP contribution in [0.1, 0.15) is 33.1 Å². The first-order chi connectivity index (χ1) is 14.0. The number of benzene rings is 2. The number of carbonyl (C=O) groups excluding carboxylic acids is 1. The Kier molecular flexibility index (Phi) is 5.04. The third-order valence-electron chi connectivity index (χ3n) is 5.15. The highest BCUT2D eigenvalue weighted by Crippen LogP contribution is 2.18. The van der Waals surface area contributed by atoms with Gasteiger partial charge in [0, 0.05) is 47.3 Å². The van der Waals surface area contributed by atoms with Crippen LogP contribution in [-0.4, -0.2) is 20.0 Å². The summed E-state index contributed by atoms with van der Waals surface area (Å²) in [5.74, 6) is 0.867. The molecule has 5 nitrogen and oxygen atoms in total. The van der Waals surface area contributed by atoms with E-state index >= 15 is 0 Å². The van der Waals surface area contributed by atoms with Crippen LogP contribution < -0.4 is 5.32 Å². The van der Waals surface area contributed by atoms with E-state index in [0.717, 1.165) is 29.3 Å². The lowest BCUT2D eigenvalue weighted by molar-refractivity contribution is 0.102. The summed E-state index contributed by atoms with van der Waals surface area (Å²) in [5, 5.41) is 2.97. The molecule has 0 fully saturated rings. The third kappa shape index (κ3) is 3.99. The molecule has 2 heterocycles. The molecule has 4 rings (SSSR count). The Hall–Kier alpha value is -3.60. The SMILES string of the molecule is Cc1nccn1Cc1ccc(NC(=O)c2ccc(-n3c(C)ccc3C)cc2)cc1. The molecule has 146 valence electrons. The number of amides is 1. The molecule has 0 saturated carbocycles. The molecule has 1 N–H and O–H groups in total. The zero-order valence-corrected chi connectivity index (χ0v) is 16.9. The van der Waals surface area contributed by atoms with E-state index in [2.05, 4.69) is 45.4 Å². The second-order valence-electron chi connectivity index (χ2n) is 7.25. The Morgan fingerprint density at radius 2 is 1.55 bits per heavy atom. The van der Waals surface area contributed by atoms with Crippen LogP contribution in [0.3, 0.4) is 0 Å². The zero-order chi connectivity index (χ0) is 20.4. The van der Waals surface area contributed by atoms with E-state index in [1.165, 1.54) is 11.4 Å². The highest BCUT2D eigenvalue weighted by atomic mass is 16.1. The van der Waals surface area contributed by atoms with E-state index in [-0.39, 0.29) is 5.91 Å². The first-order valence-electron chi connectivity index (χ1n) is 9.65. The summed E-state index contributed by atoms with van der Waals surface area (Å²) >= 11 is 0. The van der Waals surface area contributed by atoms with Gasteiger partial charge in [-0.2, -0.15) is 0 Å². The molecule has 0 atom stereocenters. The first-order valence-corrected chi connectivity index (χ1v) is 9.65. The summed E-state index contributed by atoms with van der Waals surface area (Å²) in [4.78, 5) is 16.8. The molecule has 0 unspecified atom stereocenters. The maximum atomic E-state index is 12.6. The Bertz CT molecular complexity index is 1120. The van der Waals surface area contributed by atoms with Crippen LogP contribution in [0.25, 0.3) is 5.69 Å². The minimum atomic E-state index is -0.115. The van der Waals surface area contributed by atoms with Crippen molar-refractivity contribution in [2.75, 3.05) is 5.32 Å². The fourth-order valence-electron chi connectivity index (χ4n) is 3.50. The monoisotopic (exact) mass is 384 g/mol. The third-order valence-corrected chi connectivity index (χ3v) is 5.15. The van der Waals surface area contributed by atoms with Gasteiger partial charge in [-0.3, -0.25) is 4.79 Å². The number of anilines is 1. The molecule has 0 aliphatic heterocycles. The van der Waals surface area contributed by atoms with Crippen molar-refractivity contribution < 1.29 is 4.79 Å². The van der Waals surface area contributed by atoms with Gasteiger partial charge in [-0.15, -0.1) is 0 Å². The number of aryl methyl sites for hydroxylation is 3. The van der Waals surface area contributed by atoms with E-state index in [4.69, 9.17) is 0 Å². The fourth-order valence-corrected chi connectivity index (χ4v) is 3.50. The van der Waals surface area contributed by atoms with Crippen LogP contribution in [0.15, 0.2) is 73.1 Å². The average Bonchev–Trinajstić information content (AvgIpc) is 3.28. The quantitative estimate of drug-likeness (QED) is 0.532. The lowest BCUT2D eigenvalue weighted by Crippen LogP contribution is -2.12. The number of aromatic nitrogens is 3. The van der Waals surface area contributed by atoms with Gasteiger partial charge in [0.2, 0.25) is 0 Å². The van der Waals surface area contributed by atoms with E-state index < -0.39 is 0 Å². The van der Waals surface area contributed by atoms with Crippen molar-refractivity contribution in [1.82, 2.24) is 14.1 Å². The van der Waals surface area contributed by atoms with Crippen LogP contribution in [-0.2, 0) is 6.54 Å². The van der Waals surface area contributed by atoms with Gasteiger partial charge >= 0.3 is 0 Å². The smallest absolute Gasteiger partial charge is 0.255 e. The molecule has 0 saturated heterocycles. The average molecular weight is 384 g/mol. The molecule has 0 aliphatic carbocycles. The summed E-state index contributed by atoms with van der Waals surface area (Å²) in [5.41, 5.74) is 5.97. The molecule has 5 heteroatoms. The molecule has 0 bridgehead atoms. The van der Waals surface area contributed by atoms with Crippen molar-refractivity contribution in [3.8, 4) is 5.69 Å². The maximum Gasteiger partial charge on any atom is 0.255 e. The van der Waals surface area contributed by atoms with Crippen LogP contribution in [0.5, 0.6) is 0 Å². The van der Waals surface area contributed by atoms with Crippen LogP contribution >= 0.6 is 0 Å². The summed E-state index contributed by atoms with van der Waals surface area (Å²) in [6.45, 7) is 6.90. The second kappa shape index (κ2) is 7.80. The van der Waals surface area contributed by atoms with Crippen molar-refractivity contribution in [2.24, 2.45) is 0 Å². The van der Waals surface area contributed by atoms with Crippen molar-refractivity contribution >= 4 is 11.6 Å². The molecule has 2 aromatic carbocycles. The minimum absolute atomic E-state index is 0.115. The van der Waals surface area contributed by atoms with E-state index in [1.54, 1.807) is 6.20 Å². The van der Waals surface area contributed by atoms with Gasteiger partial charge in [-0.05, 0) is 74.9 Å². The predicted molar refractivity (Wildman–Crippen MR) is 116 cm³/mol. The highest BCUT2D eigenvalue weighted by molar-refractivity contribution is 6.04. The number of hydrogen-bond acceptors (Lipinski definition) is 2. The zero-order valence-electron chi connectivity index (χ0n) is 16.9. The number of nitrogens with one attached hydrogen (secondary N) is 1. The number of imidazole rings is 1. The summed E-state index contributed by atoms with van der Waals surface area (Å²) in [6, 6.07) is 19.8. The minimum Gasteiger partial charge on any atom is -0.331 e. The Labute approximate surface area is 170 Å². The maximum absolute atomic E-state index is 12.6. The Balaban J connectivity index is 1.43. The number of hydrogen-bond donors (Lipinski definition) is 1. The molecule has 29 heavy (non-hydrogen) atoms. The summed E-state index contributed by atoms with van der Waals surface area (Å²) in [7, 11) is 0. The first kappa shape index (κ1) is 18.7. The molecular weight excluding hydrogens is 360 g/mol. The molecule has 1 amide bonds. The van der Waals surface area contributed by atoms with Crippen LogP contribution in [0.4, 0.5) is 5.69 Å².